The molecule has 0 saturated carbocycles. The lowest BCUT2D eigenvalue weighted by atomic mass is 9.96. The number of likely N-dealkylation sites (tertiary alicyclic amines) is 1. The molecule has 0 unspecified atom stereocenters. The maximum atomic E-state index is 11.9. The molecule has 1 fully saturated rings. The second kappa shape index (κ2) is 9.20. The number of hydrogen-bond acceptors (Lipinski definition) is 7. The molecule has 1 aromatic heterocycles. The summed E-state index contributed by atoms with van der Waals surface area (Å²) >= 11 is 0. The minimum atomic E-state index is -0.287. The van der Waals surface area contributed by atoms with Crippen molar-refractivity contribution >= 4 is 11.8 Å². The molecule has 0 aliphatic carbocycles. The van der Waals surface area contributed by atoms with Gasteiger partial charge in [0.05, 0.1) is 13.7 Å². The van der Waals surface area contributed by atoms with Gasteiger partial charge in [0.15, 0.2) is 12.4 Å². The average molecular weight is 388 g/mol. The summed E-state index contributed by atoms with van der Waals surface area (Å²) in [4.78, 5) is 29.5. The quantitative estimate of drug-likeness (QED) is 0.766. The third kappa shape index (κ3) is 5.21. The smallest absolute Gasteiger partial charge is 0.258 e. The van der Waals surface area contributed by atoms with Crippen molar-refractivity contribution in [2.45, 2.75) is 32.2 Å². The molecule has 1 saturated heterocycles. The number of ether oxygens (including phenoxy) is 2. The van der Waals surface area contributed by atoms with Gasteiger partial charge in [0.2, 0.25) is 11.8 Å². The van der Waals surface area contributed by atoms with E-state index < -0.39 is 0 Å². The molecular weight excluding hydrogens is 364 g/mol. The van der Waals surface area contributed by atoms with Crippen molar-refractivity contribution in [1.82, 2.24) is 20.4 Å². The van der Waals surface area contributed by atoms with Crippen molar-refractivity contribution in [2.75, 3.05) is 26.8 Å². The lowest BCUT2D eigenvalue weighted by molar-refractivity contribution is -0.129. The minimum absolute atomic E-state index is 0.0897. The van der Waals surface area contributed by atoms with E-state index >= 15 is 0 Å². The van der Waals surface area contributed by atoms with E-state index in [2.05, 4.69) is 15.5 Å². The summed E-state index contributed by atoms with van der Waals surface area (Å²) in [5, 5.41) is 6.71. The number of nitrogens with zero attached hydrogens (tertiary/aromatic N) is 3. The van der Waals surface area contributed by atoms with E-state index in [1.807, 2.05) is 4.90 Å². The van der Waals surface area contributed by atoms with Crippen LogP contribution in [-0.2, 0) is 16.1 Å². The first-order valence-corrected chi connectivity index (χ1v) is 9.16. The first-order chi connectivity index (χ1) is 13.5. The number of amides is 2. The summed E-state index contributed by atoms with van der Waals surface area (Å²) in [6, 6.07) is 6.98. The van der Waals surface area contributed by atoms with Crippen LogP contribution in [0.4, 0.5) is 0 Å². The summed E-state index contributed by atoms with van der Waals surface area (Å²) in [5.74, 6) is 2.24. The van der Waals surface area contributed by atoms with Crippen molar-refractivity contribution in [1.29, 1.82) is 0 Å². The Bertz CT molecular complexity index is 797. The van der Waals surface area contributed by atoms with Gasteiger partial charge in [-0.3, -0.25) is 9.59 Å². The van der Waals surface area contributed by atoms with Gasteiger partial charge in [0, 0.05) is 25.9 Å². The van der Waals surface area contributed by atoms with Crippen LogP contribution in [0.15, 0.2) is 28.8 Å². The molecule has 28 heavy (non-hydrogen) atoms. The molecule has 2 aromatic rings. The van der Waals surface area contributed by atoms with Gasteiger partial charge < -0.3 is 24.2 Å². The van der Waals surface area contributed by atoms with Crippen LogP contribution in [0, 0.1) is 0 Å². The van der Waals surface area contributed by atoms with Crippen LogP contribution in [0.3, 0.4) is 0 Å². The molecule has 2 amide bonds. The van der Waals surface area contributed by atoms with Crippen molar-refractivity contribution in [3.8, 4) is 11.5 Å². The zero-order valence-corrected chi connectivity index (χ0v) is 16.0. The van der Waals surface area contributed by atoms with E-state index in [9.17, 15) is 9.59 Å². The van der Waals surface area contributed by atoms with E-state index in [4.69, 9.17) is 14.0 Å². The maximum absolute atomic E-state index is 11.9. The molecule has 0 bridgehead atoms. The molecule has 0 spiro atoms. The van der Waals surface area contributed by atoms with Crippen LogP contribution >= 0.6 is 0 Å². The number of methoxy groups -OCH3 is 1. The number of piperidine rings is 1. The Balaban J connectivity index is 1.41. The van der Waals surface area contributed by atoms with E-state index in [1.165, 1.54) is 0 Å². The summed E-state index contributed by atoms with van der Waals surface area (Å²) in [6.07, 6.45) is 1.61. The largest absolute Gasteiger partial charge is 0.497 e. The van der Waals surface area contributed by atoms with Crippen LogP contribution < -0.4 is 14.8 Å². The summed E-state index contributed by atoms with van der Waals surface area (Å²) < 4.78 is 15.7. The molecule has 150 valence electrons. The number of carbonyl (C=O) groups excluding carboxylic acids is 2. The van der Waals surface area contributed by atoms with Crippen molar-refractivity contribution in [2.24, 2.45) is 0 Å². The molecule has 1 aliphatic heterocycles. The maximum Gasteiger partial charge on any atom is 0.258 e. The predicted molar refractivity (Wildman–Crippen MR) is 98.9 cm³/mol. The summed E-state index contributed by atoms with van der Waals surface area (Å²) in [7, 11) is 1.58. The second-order valence-electron chi connectivity index (χ2n) is 6.57. The van der Waals surface area contributed by atoms with E-state index in [1.54, 1.807) is 38.3 Å². The van der Waals surface area contributed by atoms with Gasteiger partial charge in [-0.05, 0) is 37.1 Å². The molecule has 2 heterocycles. The van der Waals surface area contributed by atoms with Gasteiger partial charge in [-0.1, -0.05) is 5.16 Å². The number of nitrogens with one attached hydrogen (secondary N) is 1. The normalized spacial score (nSPS) is 14.6. The van der Waals surface area contributed by atoms with Gasteiger partial charge in [0.25, 0.3) is 5.91 Å². The average Bonchev–Trinajstić information content (AvgIpc) is 3.20. The van der Waals surface area contributed by atoms with Crippen LogP contribution in [-0.4, -0.2) is 53.7 Å². The van der Waals surface area contributed by atoms with Crippen molar-refractivity contribution in [3.05, 3.63) is 36.0 Å². The molecular formula is C19H24N4O5. The molecule has 0 atom stereocenters. The van der Waals surface area contributed by atoms with Gasteiger partial charge in [-0.2, -0.15) is 4.98 Å². The number of aromatic nitrogens is 2. The minimum Gasteiger partial charge on any atom is -0.497 e. The predicted octanol–water partition coefficient (Wildman–Crippen LogP) is 1.50. The Morgan fingerprint density at radius 1 is 1.21 bits per heavy atom. The molecule has 3 rings (SSSR count). The van der Waals surface area contributed by atoms with Crippen molar-refractivity contribution < 1.29 is 23.6 Å². The van der Waals surface area contributed by atoms with Crippen LogP contribution in [0.25, 0.3) is 0 Å². The zero-order chi connectivity index (χ0) is 19.9. The topological polar surface area (TPSA) is 107 Å². The first kappa shape index (κ1) is 19.7. The van der Waals surface area contributed by atoms with Gasteiger partial charge >= 0.3 is 0 Å². The highest BCUT2D eigenvalue weighted by Crippen LogP contribution is 2.25. The molecule has 9 heteroatoms. The molecule has 1 aliphatic rings. The Morgan fingerprint density at radius 3 is 2.54 bits per heavy atom. The van der Waals surface area contributed by atoms with Crippen LogP contribution in [0.2, 0.25) is 0 Å². The third-order valence-corrected chi connectivity index (χ3v) is 4.66. The summed E-state index contributed by atoms with van der Waals surface area (Å²) in [5.41, 5.74) is 0. The standard InChI is InChI=1S/C19H24N4O5/c1-13(24)23-9-7-14(8-10-23)19-21-18(28-22-19)11-20-17(25)12-27-16-5-3-15(26-2)4-6-16/h3-6,14H,7-12H2,1-2H3,(H,20,25). The first-order valence-electron chi connectivity index (χ1n) is 9.16. The van der Waals surface area contributed by atoms with E-state index in [-0.39, 0.29) is 30.9 Å². The van der Waals surface area contributed by atoms with Crippen LogP contribution in [0.1, 0.15) is 37.4 Å². The molecule has 1 aromatic carbocycles. The lowest BCUT2D eigenvalue weighted by Crippen LogP contribution is -2.36. The Labute approximate surface area is 163 Å². The highest BCUT2D eigenvalue weighted by molar-refractivity contribution is 5.77. The Kier molecular flexibility index (Phi) is 6.46. The lowest BCUT2D eigenvalue weighted by Gasteiger charge is -2.29. The number of benzene rings is 1. The highest BCUT2D eigenvalue weighted by Gasteiger charge is 2.25. The van der Waals surface area contributed by atoms with Gasteiger partial charge in [-0.25, -0.2) is 0 Å². The number of hydrogen-bond donors (Lipinski definition) is 1. The van der Waals surface area contributed by atoms with Crippen molar-refractivity contribution in [3.63, 3.8) is 0 Å². The second-order valence-corrected chi connectivity index (χ2v) is 6.57. The fourth-order valence-electron chi connectivity index (χ4n) is 3.00. The Hall–Kier alpha value is -3.10. The van der Waals surface area contributed by atoms with E-state index in [0.29, 0.717) is 30.6 Å². The zero-order valence-electron chi connectivity index (χ0n) is 16.0. The van der Waals surface area contributed by atoms with E-state index in [0.717, 1.165) is 18.6 Å². The summed E-state index contributed by atoms with van der Waals surface area (Å²) in [6.45, 7) is 3.00. The molecule has 1 N–H and O–H groups in total. The molecule has 0 radical (unpaired) electrons. The number of carbonyl (C=O) groups is 2. The SMILES string of the molecule is COc1ccc(OCC(=O)NCc2nc(C3CCN(C(C)=O)CC3)no2)cc1. The van der Waals surface area contributed by atoms with Gasteiger partial charge in [-0.15, -0.1) is 0 Å². The van der Waals surface area contributed by atoms with Gasteiger partial charge in [0.1, 0.15) is 11.5 Å². The van der Waals surface area contributed by atoms with Crippen LogP contribution in [0.5, 0.6) is 11.5 Å². The number of rotatable bonds is 7. The fraction of sp³-hybridized carbons (Fsp3) is 0.474. The molecule has 9 nitrogen and oxygen atoms in total. The Morgan fingerprint density at radius 2 is 1.89 bits per heavy atom. The third-order valence-electron chi connectivity index (χ3n) is 4.66. The monoisotopic (exact) mass is 388 g/mol. The fourth-order valence-corrected chi connectivity index (χ4v) is 3.00. The highest BCUT2D eigenvalue weighted by atomic mass is 16.5.